The van der Waals surface area contributed by atoms with Gasteiger partial charge in [0.05, 0.1) is 0 Å². The normalized spacial score (nSPS) is 17.2. The molecule has 27 heavy (non-hydrogen) atoms. The van der Waals surface area contributed by atoms with Crippen LogP contribution in [0.3, 0.4) is 0 Å². The predicted molar refractivity (Wildman–Crippen MR) is 127 cm³/mol. The van der Waals surface area contributed by atoms with Crippen LogP contribution in [0.1, 0.15) is 36.8 Å². The number of rotatable bonds is 6. The standard InChI is InChI=1S/C21H30N4S.HI/c1-17(19-10-13-26-16-19)14-23-21(22-2)24-20-8-11-25(12-9-20)15-18-6-4-3-5-7-18;/h3-7,10,13,16-17,20H,8-9,11-12,14-15H2,1-2H3,(H2,22,23,24);1H. The summed E-state index contributed by atoms with van der Waals surface area (Å²) in [6, 6.07) is 13.5. The van der Waals surface area contributed by atoms with Gasteiger partial charge in [0.2, 0.25) is 0 Å². The van der Waals surface area contributed by atoms with Gasteiger partial charge in [-0.05, 0) is 46.7 Å². The molecule has 0 spiro atoms. The highest BCUT2D eigenvalue weighted by Crippen LogP contribution is 2.17. The third-order valence-corrected chi connectivity index (χ3v) is 5.79. The van der Waals surface area contributed by atoms with Gasteiger partial charge in [0.25, 0.3) is 0 Å². The Kier molecular flexibility index (Phi) is 9.58. The number of likely N-dealkylation sites (tertiary alicyclic amines) is 1. The fraction of sp³-hybridized carbons (Fsp3) is 0.476. The Morgan fingerprint density at radius 3 is 2.59 bits per heavy atom. The molecule has 0 aliphatic carbocycles. The van der Waals surface area contributed by atoms with Gasteiger partial charge in [0.15, 0.2) is 5.96 Å². The van der Waals surface area contributed by atoms with Crippen molar-refractivity contribution in [1.29, 1.82) is 0 Å². The molecule has 2 aromatic rings. The van der Waals surface area contributed by atoms with E-state index in [0.717, 1.165) is 45.0 Å². The van der Waals surface area contributed by atoms with Gasteiger partial charge < -0.3 is 10.6 Å². The highest BCUT2D eigenvalue weighted by Gasteiger charge is 2.20. The Morgan fingerprint density at radius 1 is 1.22 bits per heavy atom. The van der Waals surface area contributed by atoms with Gasteiger partial charge in [-0.3, -0.25) is 9.89 Å². The van der Waals surface area contributed by atoms with E-state index in [1.807, 2.05) is 7.05 Å². The van der Waals surface area contributed by atoms with Crippen molar-refractivity contribution in [3.05, 3.63) is 58.3 Å². The van der Waals surface area contributed by atoms with Crippen molar-refractivity contribution in [2.45, 2.75) is 38.3 Å². The third-order valence-electron chi connectivity index (χ3n) is 5.09. The molecular formula is C21H31IN4S. The minimum Gasteiger partial charge on any atom is -0.356 e. The van der Waals surface area contributed by atoms with Gasteiger partial charge in [0, 0.05) is 39.3 Å². The maximum absolute atomic E-state index is 4.41. The van der Waals surface area contributed by atoms with Gasteiger partial charge >= 0.3 is 0 Å². The lowest BCUT2D eigenvalue weighted by atomic mass is 10.0. The molecule has 0 amide bonds. The number of piperidine rings is 1. The summed E-state index contributed by atoms with van der Waals surface area (Å²) in [5, 5.41) is 11.5. The number of guanidine groups is 1. The van der Waals surface area contributed by atoms with E-state index in [-0.39, 0.29) is 24.0 Å². The van der Waals surface area contributed by atoms with E-state index < -0.39 is 0 Å². The van der Waals surface area contributed by atoms with Crippen molar-refractivity contribution in [3.8, 4) is 0 Å². The molecule has 148 valence electrons. The Hall–Kier alpha value is -1.12. The molecule has 1 saturated heterocycles. The van der Waals surface area contributed by atoms with Crippen LogP contribution in [-0.4, -0.2) is 43.6 Å². The molecule has 1 unspecified atom stereocenters. The Labute approximate surface area is 184 Å². The Bertz CT molecular complexity index is 667. The van der Waals surface area contributed by atoms with E-state index in [0.29, 0.717) is 12.0 Å². The van der Waals surface area contributed by atoms with E-state index >= 15 is 0 Å². The van der Waals surface area contributed by atoms with Crippen LogP contribution >= 0.6 is 35.3 Å². The van der Waals surface area contributed by atoms with Gasteiger partial charge in [-0.1, -0.05) is 37.3 Å². The van der Waals surface area contributed by atoms with E-state index in [4.69, 9.17) is 0 Å². The summed E-state index contributed by atoms with van der Waals surface area (Å²) >= 11 is 1.76. The topological polar surface area (TPSA) is 39.7 Å². The van der Waals surface area contributed by atoms with E-state index in [1.54, 1.807) is 11.3 Å². The molecule has 1 fully saturated rings. The van der Waals surface area contributed by atoms with E-state index in [2.05, 4.69) is 74.6 Å². The first-order chi connectivity index (χ1) is 12.7. The zero-order chi connectivity index (χ0) is 18.2. The minimum atomic E-state index is 0. The number of nitrogens with one attached hydrogen (secondary N) is 2. The number of aliphatic imine (C=N–C) groups is 1. The van der Waals surface area contributed by atoms with Gasteiger partial charge in [-0.15, -0.1) is 24.0 Å². The Morgan fingerprint density at radius 2 is 1.96 bits per heavy atom. The van der Waals surface area contributed by atoms with Gasteiger partial charge in [-0.25, -0.2) is 0 Å². The quantitative estimate of drug-likeness (QED) is 0.355. The molecule has 3 rings (SSSR count). The average molecular weight is 498 g/mol. The van der Waals surface area contributed by atoms with E-state index in [1.165, 1.54) is 11.1 Å². The number of benzene rings is 1. The second-order valence-corrected chi connectivity index (χ2v) is 7.87. The summed E-state index contributed by atoms with van der Waals surface area (Å²) in [6.07, 6.45) is 2.32. The number of hydrogen-bond acceptors (Lipinski definition) is 3. The van der Waals surface area contributed by atoms with Gasteiger partial charge in [-0.2, -0.15) is 11.3 Å². The van der Waals surface area contributed by atoms with Crippen LogP contribution in [0.15, 0.2) is 52.2 Å². The lowest BCUT2D eigenvalue weighted by Crippen LogP contribution is -2.49. The molecule has 1 aromatic carbocycles. The van der Waals surface area contributed by atoms with Crippen molar-refractivity contribution in [2.24, 2.45) is 4.99 Å². The minimum absolute atomic E-state index is 0. The molecule has 0 radical (unpaired) electrons. The van der Waals surface area contributed by atoms with Crippen molar-refractivity contribution < 1.29 is 0 Å². The molecule has 0 saturated carbocycles. The largest absolute Gasteiger partial charge is 0.356 e. The van der Waals surface area contributed by atoms with Crippen LogP contribution in [0, 0.1) is 0 Å². The first-order valence-corrected chi connectivity index (χ1v) is 10.4. The van der Waals surface area contributed by atoms with Crippen molar-refractivity contribution in [1.82, 2.24) is 15.5 Å². The molecule has 2 N–H and O–H groups in total. The molecule has 6 heteroatoms. The molecule has 4 nitrogen and oxygen atoms in total. The predicted octanol–water partition coefficient (Wildman–Crippen LogP) is 4.30. The summed E-state index contributed by atoms with van der Waals surface area (Å²) in [5.41, 5.74) is 2.80. The first kappa shape index (κ1) is 22.2. The number of nitrogens with zero attached hydrogens (tertiary/aromatic N) is 2. The summed E-state index contributed by atoms with van der Waals surface area (Å²) in [7, 11) is 1.86. The fourth-order valence-corrected chi connectivity index (χ4v) is 4.17. The van der Waals surface area contributed by atoms with Crippen LogP contribution in [-0.2, 0) is 6.54 Å². The van der Waals surface area contributed by atoms with Crippen molar-refractivity contribution in [2.75, 3.05) is 26.7 Å². The second kappa shape index (κ2) is 11.7. The highest BCUT2D eigenvalue weighted by molar-refractivity contribution is 14.0. The zero-order valence-electron chi connectivity index (χ0n) is 16.2. The van der Waals surface area contributed by atoms with E-state index in [9.17, 15) is 0 Å². The molecule has 2 heterocycles. The Balaban J connectivity index is 0.00000261. The smallest absolute Gasteiger partial charge is 0.191 e. The van der Waals surface area contributed by atoms with Crippen molar-refractivity contribution >= 4 is 41.3 Å². The summed E-state index contributed by atoms with van der Waals surface area (Å²) < 4.78 is 0. The monoisotopic (exact) mass is 498 g/mol. The molecule has 1 aliphatic heterocycles. The number of hydrogen-bond donors (Lipinski definition) is 2. The van der Waals surface area contributed by atoms with Crippen LogP contribution in [0.2, 0.25) is 0 Å². The SMILES string of the molecule is CN=C(NCC(C)c1ccsc1)NC1CCN(Cc2ccccc2)CC1.I. The van der Waals surface area contributed by atoms with Crippen LogP contribution < -0.4 is 10.6 Å². The number of thiophene rings is 1. The van der Waals surface area contributed by atoms with Crippen LogP contribution in [0.25, 0.3) is 0 Å². The van der Waals surface area contributed by atoms with Crippen molar-refractivity contribution in [3.63, 3.8) is 0 Å². The third kappa shape index (κ3) is 7.08. The highest BCUT2D eigenvalue weighted by atomic mass is 127. The maximum atomic E-state index is 4.41. The van der Waals surface area contributed by atoms with Crippen LogP contribution in [0.4, 0.5) is 0 Å². The molecule has 1 aliphatic rings. The molecule has 1 aromatic heterocycles. The molecular weight excluding hydrogens is 467 g/mol. The molecule has 0 bridgehead atoms. The average Bonchev–Trinajstić information content (AvgIpc) is 3.22. The maximum Gasteiger partial charge on any atom is 0.191 e. The lowest BCUT2D eigenvalue weighted by Gasteiger charge is -2.33. The second-order valence-electron chi connectivity index (χ2n) is 7.09. The summed E-state index contributed by atoms with van der Waals surface area (Å²) in [6.45, 7) is 6.48. The van der Waals surface area contributed by atoms with Gasteiger partial charge in [0.1, 0.15) is 0 Å². The fourth-order valence-electron chi connectivity index (χ4n) is 3.39. The summed E-state index contributed by atoms with van der Waals surface area (Å²) in [5.74, 6) is 1.42. The number of halogens is 1. The molecule has 1 atom stereocenters. The zero-order valence-corrected chi connectivity index (χ0v) is 19.4. The lowest BCUT2D eigenvalue weighted by molar-refractivity contribution is 0.198. The van der Waals surface area contributed by atoms with Crippen LogP contribution in [0.5, 0.6) is 0 Å². The summed E-state index contributed by atoms with van der Waals surface area (Å²) in [4.78, 5) is 6.95. The first-order valence-electron chi connectivity index (χ1n) is 9.50.